The molecule has 0 aliphatic heterocycles. The fourth-order valence-electron chi connectivity index (χ4n) is 1.44. The first-order chi connectivity index (χ1) is 7.06. The quantitative estimate of drug-likeness (QED) is 0.888. The number of benzene rings is 1. The van der Waals surface area contributed by atoms with Crippen LogP contribution in [0.25, 0.3) is 0 Å². The number of halogens is 3. The van der Waals surface area contributed by atoms with Crippen molar-refractivity contribution in [2.45, 2.75) is 25.0 Å². The first-order valence-corrected chi connectivity index (χ1v) is 5.69. The van der Waals surface area contributed by atoms with Gasteiger partial charge < -0.3 is 9.84 Å². The Morgan fingerprint density at radius 2 is 1.67 bits per heavy atom. The summed E-state index contributed by atoms with van der Waals surface area (Å²) >= 11 is 17.6. The molecule has 15 heavy (non-hydrogen) atoms. The van der Waals surface area contributed by atoms with Crippen LogP contribution in [0.1, 0.15) is 12.8 Å². The Bertz CT molecular complexity index is 352. The van der Waals surface area contributed by atoms with Gasteiger partial charge in [-0.1, -0.05) is 34.8 Å². The lowest BCUT2D eigenvalue weighted by Crippen LogP contribution is -2.37. The molecular weight excluding hydrogens is 258 g/mol. The van der Waals surface area contributed by atoms with E-state index in [-0.39, 0.29) is 12.2 Å². The summed E-state index contributed by atoms with van der Waals surface area (Å²) in [5.74, 6) is 0.444. The van der Waals surface area contributed by atoms with Crippen molar-refractivity contribution in [1.29, 1.82) is 0 Å². The van der Waals surface area contributed by atoms with Crippen molar-refractivity contribution in [3.63, 3.8) is 0 Å². The second-order valence-electron chi connectivity index (χ2n) is 3.56. The maximum absolute atomic E-state index is 9.11. The molecule has 1 fully saturated rings. The molecule has 1 N–H and O–H groups in total. The van der Waals surface area contributed by atoms with E-state index in [1.165, 1.54) is 0 Å². The van der Waals surface area contributed by atoms with Gasteiger partial charge in [0.25, 0.3) is 0 Å². The summed E-state index contributed by atoms with van der Waals surface area (Å²) in [6, 6.07) is 3.17. The molecule has 1 aromatic rings. The predicted molar refractivity (Wildman–Crippen MR) is 61.1 cm³/mol. The largest absolute Gasteiger partial charge is 0.487 e. The molecule has 1 aliphatic rings. The lowest BCUT2D eigenvalue weighted by Gasteiger charge is -2.32. The summed E-state index contributed by atoms with van der Waals surface area (Å²) in [6.07, 6.45) is 0.973. The zero-order valence-corrected chi connectivity index (χ0v) is 9.98. The molecule has 0 unspecified atom stereocenters. The molecule has 0 heterocycles. The lowest BCUT2D eigenvalue weighted by molar-refractivity contribution is -0.0106. The van der Waals surface area contributed by atoms with Gasteiger partial charge in [-0.05, 0) is 12.1 Å². The average Bonchev–Trinajstić information content (AvgIpc) is 2.07. The van der Waals surface area contributed by atoms with E-state index in [0.29, 0.717) is 33.7 Å². The van der Waals surface area contributed by atoms with Crippen molar-refractivity contribution >= 4 is 34.8 Å². The van der Waals surface area contributed by atoms with Gasteiger partial charge in [0.05, 0.1) is 16.1 Å². The molecule has 2 rings (SSSR count). The van der Waals surface area contributed by atoms with Crippen LogP contribution in [0.5, 0.6) is 5.75 Å². The standard InChI is InChI=1S/C10H9Cl3O2/c11-5-1-8(12)10(9(13)2-5)15-7-3-6(14)4-7/h1-2,6-7,14H,3-4H2. The highest BCUT2D eigenvalue weighted by atomic mass is 35.5. The minimum Gasteiger partial charge on any atom is -0.487 e. The van der Waals surface area contributed by atoms with E-state index < -0.39 is 0 Å². The van der Waals surface area contributed by atoms with Gasteiger partial charge in [-0.3, -0.25) is 0 Å². The van der Waals surface area contributed by atoms with Crippen LogP contribution in [0.4, 0.5) is 0 Å². The van der Waals surface area contributed by atoms with Gasteiger partial charge in [-0.2, -0.15) is 0 Å². The van der Waals surface area contributed by atoms with Crippen molar-refractivity contribution in [3.8, 4) is 5.75 Å². The third kappa shape index (κ3) is 2.51. The van der Waals surface area contributed by atoms with Gasteiger partial charge in [0.15, 0.2) is 5.75 Å². The number of rotatable bonds is 2. The summed E-state index contributed by atoms with van der Waals surface area (Å²) in [6.45, 7) is 0. The highest BCUT2D eigenvalue weighted by Gasteiger charge is 2.30. The van der Waals surface area contributed by atoms with E-state index in [2.05, 4.69) is 0 Å². The molecule has 1 aromatic carbocycles. The minimum atomic E-state index is -0.264. The highest BCUT2D eigenvalue weighted by Crippen LogP contribution is 2.38. The van der Waals surface area contributed by atoms with Crippen molar-refractivity contribution < 1.29 is 9.84 Å². The van der Waals surface area contributed by atoms with Crippen LogP contribution >= 0.6 is 34.8 Å². The maximum atomic E-state index is 9.11. The van der Waals surface area contributed by atoms with Crippen molar-refractivity contribution in [3.05, 3.63) is 27.2 Å². The summed E-state index contributed by atoms with van der Waals surface area (Å²) in [5.41, 5.74) is 0. The number of ether oxygens (including phenoxy) is 1. The molecule has 82 valence electrons. The van der Waals surface area contributed by atoms with Crippen molar-refractivity contribution in [2.75, 3.05) is 0 Å². The molecule has 1 saturated carbocycles. The van der Waals surface area contributed by atoms with E-state index in [1.807, 2.05) is 0 Å². The summed E-state index contributed by atoms with van der Waals surface area (Å²) in [5, 5.41) is 10.4. The van der Waals surface area contributed by atoms with Crippen LogP contribution in [0.2, 0.25) is 15.1 Å². The molecule has 0 bridgehead atoms. The molecule has 0 radical (unpaired) electrons. The minimum absolute atomic E-state index is 0.00354. The third-order valence-corrected chi connectivity index (χ3v) is 3.10. The molecular formula is C10H9Cl3O2. The Morgan fingerprint density at radius 3 is 2.13 bits per heavy atom. The van der Waals surface area contributed by atoms with E-state index >= 15 is 0 Å². The molecule has 0 aromatic heterocycles. The zero-order chi connectivity index (χ0) is 11.0. The Hall–Kier alpha value is -0.150. The van der Waals surface area contributed by atoms with Gasteiger partial charge in [-0.25, -0.2) is 0 Å². The fraction of sp³-hybridized carbons (Fsp3) is 0.400. The van der Waals surface area contributed by atoms with Gasteiger partial charge in [0, 0.05) is 17.9 Å². The smallest absolute Gasteiger partial charge is 0.156 e. The first kappa shape index (κ1) is 11.3. The topological polar surface area (TPSA) is 29.5 Å². The number of hydrogen-bond acceptors (Lipinski definition) is 2. The van der Waals surface area contributed by atoms with Crippen LogP contribution < -0.4 is 4.74 Å². The van der Waals surface area contributed by atoms with E-state index in [4.69, 9.17) is 44.6 Å². The summed E-state index contributed by atoms with van der Waals surface area (Å²) in [7, 11) is 0. The Balaban J connectivity index is 2.14. The van der Waals surface area contributed by atoms with Crippen LogP contribution in [-0.4, -0.2) is 17.3 Å². The second-order valence-corrected chi connectivity index (χ2v) is 4.81. The Kier molecular flexibility index (Phi) is 3.31. The Labute approximate surface area is 103 Å². The number of aliphatic hydroxyl groups is 1. The molecule has 0 spiro atoms. The molecule has 0 atom stereocenters. The number of hydrogen-bond donors (Lipinski definition) is 1. The van der Waals surface area contributed by atoms with Crippen molar-refractivity contribution in [2.24, 2.45) is 0 Å². The molecule has 0 saturated heterocycles. The van der Waals surface area contributed by atoms with Crippen LogP contribution in [0.3, 0.4) is 0 Å². The fourth-order valence-corrected chi connectivity index (χ4v) is 2.35. The van der Waals surface area contributed by atoms with E-state index in [1.54, 1.807) is 12.1 Å². The number of aliphatic hydroxyl groups excluding tert-OH is 1. The molecule has 2 nitrogen and oxygen atoms in total. The predicted octanol–water partition coefficient (Wildman–Crippen LogP) is 3.55. The van der Waals surface area contributed by atoms with Gasteiger partial charge >= 0.3 is 0 Å². The highest BCUT2D eigenvalue weighted by molar-refractivity contribution is 6.40. The maximum Gasteiger partial charge on any atom is 0.156 e. The average molecular weight is 268 g/mol. The molecule has 5 heteroatoms. The lowest BCUT2D eigenvalue weighted by atomic mass is 9.92. The van der Waals surface area contributed by atoms with Gasteiger partial charge in [0.2, 0.25) is 0 Å². The zero-order valence-electron chi connectivity index (χ0n) is 7.71. The summed E-state index contributed by atoms with van der Waals surface area (Å²) in [4.78, 5) is 0. The van der Waals surface area contributed by atoms with Crippen molar-refractivity contribution in [1.82, 2.24) is 0 Å². The SMILES string of the molecule is OC1CC(Oc2c(Cl)cc(Cl)cc2Cl)C1. The van der Waals surface area contributed by atoms with Gasteiger partial charge in [0.1, 0.15) is 6.10 Å². The van der Waals surface area contributed by atoms with E-state index in [9.17, 15) is 0 Å². The second kappa shape index (κ2) is 4.38. The van der Waals surface area contributed by atoms with Crippen LogP contribution in [0, 0.1) is 0 Å². The first-order valence-electron chi connectivity index (χ1n) is 4.55. The Morgan fingerprint density at radius 1 is 1.13 bits per heavy atom. The molecule has 1 aliphatic carbocycles. The summed E-state index contributed by atoms with van der Waals surface area (Å²) < 4.78 is 5.55. The molecule has 0 amide bonds. The normalized spacial score (nSPS) is 24.8. The van der Waals surface area contributed by atoms with Crippen LogP contribution in [0.15, 0.2) is 12.1 Å². The third-order valence-electron chi connectivity index (χ3n) is 2.32. The van der Waals surface area contributed by atoms with E-state index in [0.717, 1.165) is 0 Å². The monoisotopic (exact) mass is 266 g/mol. The van der Waals surface area contributed by atoms with Gasteiger partial charge in [-0.15, -0.1) is 0 Å². The van der Waals surface area contributed by atoms with Crippen LogP contribution in [-0.2, 0) is 0 Å².